The Labute approximate surface area is 190 Å². The molecule has 1 atom stereocenters. The number of halogens is 1. The number of nitrogens with zero attached hydrogens (tertiary/aromatic N) is 1. The van der Waals surface area contributed by atoms with Gasteiger partial charge in [-0.15, -0.1) is 0 Å². The summed E-state index contributed by atoms with van der Waals surface area (Å²) in [5.74, 6) is 1.66. The van der Waals surface area contributed by atoms with Gasteiger partial charge in [-0.1, -0.05) is 29.0 Å². The molecule has 3 rings (SSSR count). The summed E-state index contributed by atoms with van der Waals surface area (Å²) in [6.07, 6.45) is 8.15. The van der Waals surface area contributed by atoms with E-state index >= 15 is 0 Å². The van der Waals surface area contributed by atoms with Gasteiger partial charge in [0.25, 0.3) is 5.19 Å². The van der Waals surface area contributed by atoms with Gasteiger partial charge in [-0.05, 0) is 43.9 Å². The van der Waals surface area contributed by atoms with Crippen LogP contribution in [0.4, 0.5) is 0 Å². The van der Waals surface area contributed by atoms with Crippen LogP contribution >= 0.6 is 22.9 Å². The minimum absolute atomic E-state index is 0.126. The number of benzene rings is 1. The average Bonchev–Trinajstić information content (AvgIpc) is 3.44. The van der Waals surface area contributed by atoms with Gasteiger partial charge in [0.15, 0.2) is 0 Å². The largest absolute Gasteiger partial charge is 0.493 e. The van der Waals surface area contributed by atoms with E-state index in [0.717, 1.165) is 17.2 Å². The minimum atomic E-state index is -0.158. The fraction of sp³-hybridized carbons (Fsp3) is 0.409. The van der Waals surface area contributed by atoms with Crippen molar-refractivity contribution in [1.29, 1.82) is 0 Å². The van der Waals surface area contributed by atoms with Crippen molar-refractivity contribution in [2.45, 2.75) is 39.2 Å². The molecule has 0 spiro atoms. The van der Waals surface area contributed by atoms with Gasteiger partial charge in [0.2, 0.25) is 11.8 Å². The predicted octanol–water partition coefficient (Wildman–Crippen LogP) is 4.42. The average molecular weight is 464 g/mol. The number of ether oxygens (including phenoxy) is 2. The summed E-state index contributed by atoms with van der Waals surface area (Å²) in [6.45, 7) is 4.35. The van der Waals surface area contributed by atoms with Crippen molar-refractivity contribution in [3.05, 3.63) is 40.4 Å². The monoisotopic (exact) mass is 463 g/mol. The summed E-state index contributed by atoms with van der Waals surface area (Å²) >= 11 is 7.69. The van der Waals surface area contributed by atoms with E-state index in [2.05, 4.69) is 15.6 Å². The fourth-order valence-corrected chi connectivity index (χ4v) is 3.51. The van der Waals surface area contributed by atoms with Crippen molar-refractivity contribution in [3.8, 4) is 16.7 Å². The Bertz CT molecular complexity index is 943. The van der Waals surface area contributed by atoms with Crippen molar-refractivity contribution in [2.75, 3.05) is 13.2 Å². The molecule has 1 saturated carbocycles. The number of nitrogens with one attached hydrogen (secondary N) is 2. The summed E-state index contributed by atoms with van der Waals surface area (Å²) in [7, 11) is 0. The van der Waals surface area contributed by atoms with Crippen LogP contribution in [-0.4, -0.2) is 36.0 Å². The van der Waals surface area contributed by atoms with Gasteiger partial charge >= 0.3 is 0 Å². The Morgan fingerprint density at radius 1 is 1.39 bits per heavy atom. The molecule has 1 fully saturated rings. The standard InChI is InChI=1S/C22H26ClN3O4S/c1-14(26-21(28)9-10-24-15(2)27)3-7-18-12-25-22(31-18)30-20-8-6-17(11-19(20)23)29-13-16-4-5-16/h3,6-8,11-12,14,16H,4-5,9-10,13H2,1-2H3,(H,24,27)(H,26,28)/t14-/m0/s1. The van der Waals surface area contributed by atoms with E-state index in [9.17, 15) is 9.59 Å². The van der Waals surface area contributed by atoms with Crippen LogP contribution in [0.2, 0.25) is 5.02 Å². The van der Waals surface area contributed by atoms with E-state index in [1.165, 1.54) is 31.1 Å². The van der Waals surface area contributed by atoms with Gasteiger partial charge < -0.3 is 20.1 Å². The third-order valence-electron chi connectivity index (χ3n) is 4.45. The maximum absolute atomic E-state index is 11.8. The first-order valence-corrected chi connectivity index (χ1v) is 11.4. The van der Waals surface area contributed by atoms with E-state index in [1.54, 1.807) is 18.3 Å². The predicted molar refractivity (Wildman–Crippen MR) is 122 cm³/mol. The molecule has 1 aromatic heterocycles. The summed E-state index contributed by atoms with van der Waals surface area (Å²) in [4.78, 5) is 27.8. The van der Waals surface area contributed by atoms with Gasteiger partial charge in [0, 0.05) is 38.2 Å². The zero-order valence-electron chi connectivity index (χ0n) is 17.5. The highest BCUT2D eigenvalue weighted by molar-refractivity contribution is 7.14. The van der Waals surface area contributed by atoms with E-state index < -0.39 is 0 Å². The number of amides is 2. The molecule has 0 unspecified atom stereocenters. The molecule has 31 heavy (non-hydrogen) atoms. The van der Waals surface area contributed by atoms with Crippen LogP contribution in [0, 0.1) is 5.92 Å². The summed E-state index contributed by atoms with van der Waals surface area (Å²) in [5, 5.41) is 6.39. The smallest absolute Gasteiger partial charge is 0.279 e. The van der Waals surface area contributed by atoms with Crippen LogP contribution < -0.4 is 20.1 Å². The van der Waals surface area contributed by atoms with Crippen molar-refractivity contribution in [3.63, 3.8) is 0 Å². The third-order valence-corrected chi connectivity index (χ3v) is 5.59. The summed E-state index contributed by atoms with van der Waals surface area (Å²) in [5.41, 5.74) is 0. The van der Waals surface area contributed by atoms with E-state index in [1.807, 2.05) is 25.1 Å². The Morgan fingerprint density at radius 3 is 2.90 bits per heavy atom. The highest BCUT2D eigenvalue weighted by Crippen LogP contribution is 2.35. The second-order valence-corrected chi connectivity index (χ2v) is 8.86. The maximum Gasteiger partial charge on any atom is 0.279 e. The third kappa shape index (κ3) is 8.22. The van der Waals surface area contributed by atoms with Crippen molar-refractivity contribution in [2.24, 2.45) is 5.92 Å². The van der Waals surface area contributed by atoms with Gasteiger partial charge in [0.1, 0.15) is 11.5 Å². The number of rotatable bonds is 11. The second kappa shape index (κ2) is 11.2. The summed E-state index contributed by atoms with van der Waals surface area (Å²) < 4.78 is 11.5. The molecule has 9 heteroatoms. The normalized spacial score (nSPS) is 14.3. The van der Waals surface area contributed by atoms with Crippen LogP contribution in [0.1, 0.15) is 38.0 Å². The Morgan fingerprint density at radius 2 is 2.19 bits per heavy atom. The van der Waals surface area contributed by atoms with Gasteiger partial charge in [0.05, 0.1) is 16.5 Å². The summed E-state index contributed by atoms with van der Waals surface area (Å²) in [6, 6.07) is 5.21. The van der Waals surface area contributed by atoms with E-state index in [-0.39, 0.29) is 24.3 Å². The van der Waals surface area contributed by atoms with Gasteiger partial charge in [-0.3, -0.25) is 9.59 Å². The SMILES string of the molecule is CC(=O)NCCC(=O)N[C@@H](C)C=Cc1cnc(Oc2ccc(OCC3CC3)cc2Cl)s1. The molecule has 0 bridgehead atoms. The van der Waals surface area contributed by atoms with E-state index in [4.69, 9.17) is 21.1 Å². The number of hydrogen-bond donors (Lipinski definition) is 2. The lowest BCUT2D eigenvalue weighted by Gasteiger charge is -2.09. The van der Waals surface area contributed by atoms with Crippen molar-refractivity contribution < 1.29 is 19.1 Å². The van der Waals surface area contributed by atoms with Crippen LogP contribution in [0.5, 0.6) is 16.7 Å². The molecule has 2 aromatic rings. The zero-order valence-corrected chi connectivity index (χ0v) is 19.1. The number of aromatic nitrogens is 1. The number of carbonyl (C=O) groups is 2. The number of carbonyl (C=O) groups excluding carboxylic acids is 2. The minimum Gasteiger partial charge on any atom is -0.493 e. The number of hydrogen-bond acceptors (Lipinski definition) is 6. The molecule has 7 nitrogen and oxygen atoms in total. The first-order valence-electron chi connectivity index (χ1n) is 10.2. The van der Waals surface area contributed by atoms with Gasteiger partial charge in [-0.25, -0.2) is 4.98 Å². The Balaban J connectivity index is 1.47. The molecule has 1 aliphatic carbocycles. The lowest BCUT2D eigenvalue weighted by atomic mass is 10.2. The molecule has 0 saturated heterocycles. The van der Waals surface area contributed by atoms with Crippen LogP contribution in [0.3, 0.4) is 0 Å². The molecule has 2 amide bonds. The van der Waals surface area contributed by atoms with E-state index in [0.29, 0.717) is 28.4 Å². The lowest BCUT2D eigenvalue weighted by Crippen LogP contribution is -2.34. The van der Waals surface area contributed by atoms with Gasteiger partial charge in [-0.2, -0.15) is 0 Å². The molecular weight excluding hydrogens is 438 g/mol. The topological polar surface area (TPSA) is 89.6 Å². The molecule has 0 aliphatic heterocycles. The van der Waals surface area contributed by atoms with Crippen molar-refractivity contribution >= 4 is 40.8 Å². The van der Waals surface area contributed by atoms with Crippen LogP contribution in [-0.2, 0) is 9.59 Å². The zero-order chi connectivity index (χ0) is 22.2. The van der Waals surface area contributed by atoms with Crippen LogP contribution in [0.25, 0.3) is 6.08 Å². The second-order valence-electron chi connectivity index (χ2n) is 7.43. The fourth-order valence-electron chi connectivity index (χ4n) is 2.61. The highest BCUT2D eigenvalue weighted by atomic mass is 35.5. The first-order chi connectivity index (χ1) is 14.9. The quantitative estimate of drug-likeness (QED) is 0.514. The molecular formula is C22H26ClN3O4S. The lowest BCUT2D eigenvalue weighted by molar-refractivity contribution is -0.121. The molecule has 1 aromatic carbocycles. The Hall–Kier alpha value is -2.58. The Kier molecular flexibility index (Phi) is 8.31. The molecule has 166 valence electrons. The molecule has 2 N–H and O–H groups in total. The first kappa shape index (κ1) is 23.1. The highest BCUT2D eigenvalue weighted by Gasteiger charge is 2.22. The number of thiazole rings is 1. The maximum atomic E-state index is 11.8. The van der Waals surface area contributed by atoms with Crippen LogP contribution in [0.15, 0.2) is 30.5 Å². The van der Waals surface area contributed by atoms with Crippen molar-refractivity contribution in [1.82, 2.24) is 15.6 Å². The molecule has 1 heterocycles. The molecule has 1 aliphatic rings. The molecule has 0 radical (unpaired) electrons.